The zero-order valence-corrected chi connectivity index (χ0v) is 20.3. The molecule has 0 atom stereocenters. The number of amides is 1. The van der Waals surface area contributed by atoms with Crippen LogP contribution >= 0.6 is 11.3 Å². The smallest absolute Gasteiger partial charge is 0.348 e. The van der Waals surface area contributed by atoms with E-state index in [1.165, 1.54) is 10.9 Å². The van der Waals surface area contributed by atoms with E-state index < -0.39 is 5.97 Å². The molecule has 4 aromatic rings. The predicted octanol–water partition coefficient (Wildman–Crippen LogP) is 3.66. The number of nitrogens with zero attached hydrogens (tertiary/aromatic N) is 3. The van der Waals surface area contributed by atoms with Crippen LogP contribution in [-0.4, -0.2) is 46.6 Å². The summed E-state index contributed by atoms with van der Waals surface area (Å²) in [4.78, 5) is 45.1. The fraction of sp³-hybridized carbons (Fsp3) is 0.231. The van der Waals surface area contributed by atoms with E-state index in [0.29, 0.717) is 33.0 Å². The van der Waals surface area contributed by atoms with Crippen LogP contribution in [0, 0.1) is 6.92 Å². The topological polar surface area (TPSA) is 90.7 Å². The fourth-order valence-corrected chi connectivity index (χ4v) is 4.59. The maximum atomic E-state index is 13.1. The van der Waals surface area contributed by atoms with Gasteiger partial charge in [-0.3, -0.25) is 14.2 Å². The number of rotatable bonds is 9. The number of carbonyl (C=O) groups is 2. The monoisotopic (exact) mass is 491 g/mol. The molecule has 9 heteroatoms. The molecule has 0 aliphatic rings. The summed E-state index contributed by atoms with van der Waals surface area (Å²) in [6.07, 6.45) is 1.34. The second-order valence-corrected chi connectivity index (χ2v) is 8.95. The first-order valence-corrected chi connectivity index (χ1v) is 11.9. The minimum absolute atomic E-state index is 0.0708. The maximum absolute atomic E-state index is 13.1. The highest BCUT2D eigenvalue weighted by Crippen LogP contribution is 2.27. The van der Waals surface area contributed by atoms with Crippen LogP contribution in [0.1, 0.15) is 20.8 Å². The molecule has 0 saturated heterocycles. The summed E-state index contributed by atoms with van der Waals surface area (Å²) in [7, 11) is 1.69. The Labute approximate surface area is 206 Å². The molecule has 4 rings (SSSR count). The first kappa shape index (κ1) is 24.2. The van der Waals surface area contributed by atoms with Crippen molar-refractivity contribution in [1.82, 2.24) is 14.5 Å². The Kier molecular flexibility index (Phi) is 7.57. The molecule has 8 nitrogen and oxygen atoms in total. The van der Waals surface area contributed by atoms with Crippen LogP contribution in [0.2, 0.25) is 0 Å². The molecule has 2 aromatic carbocycles. The van der Waals surface area contributed by atoms with Gasteiger partial charge in [0.2, 0.25) is 5.91 Å². The van der Waals surface area contributed by atoms with Crippen molar-refractivity contribution < 1.29 is 19.1 Å². The zero-order chi connectivity index (χ0) is 24.8. The molecule has 0 unspecified atom stereocenters. The normalized spacial score (nSPS) is 10.8. The predicted molar refractivity (Wildman–Crippen MR) is 134 cm³/mol. The SMILES string of the molecule is Cc1c(C(=O)OCCOc2ccccc2)sc2ncn(CC(=O)N(C)Cc3ccccc3)c(=O)c12. The second-order valence-electron chi connectivity index (χ2n) is 7.95. The molecular weight excluding hydrogens is 466 g/mol. The second kappa shape index (κ2) is 11.0. The third-order valence-corrected chi connectivity index (χ3v) is 6.60. The van der Waals surface area contributed by atoms with Gasteiger partial charge in [-0.05, 0) is 30.2 Å². The number of thiophene rings is 1. The van der Waals surface area contributed by atoms with Crippen molar-refractivity contribution in [2.75, 3.05) is 20.3 Å². The fourth-order valence-electron chi connectivity index (χ4n) is 3.55. The van der Waals surface area contributed by atoms with Gasteiger partial charge in [0, 0.05) is 13.6 Å². The van der Waals surface area contributed by atoms with E-state index in [0.717, 1.165) is 16.9 Å². The molecule has 0 N–H and O–H groups in total. The summed E-state index contributed by atoms with van der Waals surface area (Å²) in [5.41, 5.74) is 1.13. The number of carbonyl (C=O) groups excluding carboxylic acids is 2. The van der Waals surface area contributed by atoms with Gasteiger partial charge in [-0.2, -0.15) is 0 Å². The van der Waals surface area contributed by atoms with Crippen LogP contribution in [0.3, 0.4) is 0 Å². The van der Waals surface area contributed by atoms with Crippen LogP contribution < -0.4 is 10.3 Å². The van der Waals surface area contributed by atoms with E-state index in [9.17, 15) is 14.4 Å². The average molecular weight is 492 g/mol. The van der Waals surface area contributed by atoms with Gasteiger partial charge in [0.05, 0.1) is 11.7 Å². The Balaban J connectivity index is 1.42. The molecule has 0 fully saturated rings. The van der Waals surface area contributed by atoms with Crippen molar-refractivity contribution in [2.45, 2.75) is 20.0 Å². The molecule has 0 aliphatic carbocycles. The van der Waals surface area contributed by atoms with Crippen molar-refractivity contribution in [2.24, 2.45) is 0 Å². The van der Waals surface area contributed by atoms with Crippen molar-refractivity contribution in [1.29, 1.82) is 0 Å². The number of esters is 1. The quantitative estimate of drug-likeness (QED) is 0.262. The molecule has 2 heterocycles. The lowest BCUT2D eigenvalue weighted by atomic mass is 10.2. The molecule has 0 spiro atoms. The number of likely N-dealkylation sites (N-methyl/N-ethyl adjacent to an activating group) is 1. The Morgan fingerprint density at radius 2 is 1.71 bits per heavy atom. The number of aromatic nitrogens is 2. The highest BCUT2D eigenvalue weighted by atomic mass is 32.1. The number of hydrogen-bond acceptors (Lipinski definition) is 7. The van der Waals surface area contributed by atoms with Gasteiger partial charge in [0.1, 0.15) is 35.2 Å². The summed E-state index contributed by atoms with van der Waals surface area (Å²) < 4.78 is 12.1. The van der Waals surface area contributed by atoms with Crippen molar-refractivity contribution in [3.05, 3.63) is 93.3 Å². The van der Waals surface area contributed by atoms with E-state index in [1.54, 1.807) is 18.9 Å². The van der Waals surface area contributed by atoms with Crippen molar-refractivity contribution >= 4 is 33.4 Å². The van der Waals surface area contributed by atoms with Crippen molar-refractivity contribution in [3.8, 4) is 5.75 Å². The van der Waals surface area contributed by atoms with Crippen molar-refractivity contribution in [3.63, 3.8) is 0 Å². The van der Waals surface area contributed by atoms with Crippen LogP contribution in [0.5, 0.6) is 5.75 Å². The van der Waals surface area contributed by atoms with Crippen LogP contribution in [0.15, 0.2) is 71.8 Å². The highest BCUT2D eigenvalue weighted by Gasteiger charge is 2.21. The van der Waals surface area contributed by atoms with E-state index in [-0.39, 0.29) is 31.2 Å². The van der Waals surface area contributed by atoms with E-state index in [2.05, 4.69) is 4.98 Å². The lowest BCUT2D eigenvalue weighted by Crippen LogP contribution is -2.33. The third kappa shape index (κ3) is 5.75. The molecule has 0 bridgehead atoms. The minimum atomic E-state index is -0.535. The van der Waals surface area contributed by atoms with Gasteiger partial charge < -0.3 is 14.4 Å². The average Bonchev–Trinajstić information content (AvgIpc) is 3.21. The summed E-state index contributed by atoms with van der Waals surface area (Å²) >= 11 is 1.10. The lowest BCUT2D eigenvalue weighted by Gasteiger charge is -2.17. The molecule has 2 aromatic heterocycles. The largest absolute Gasteiger partial charge is 0.490 e. The maximum Gasteiger partial charge on any atom is 0.348 e. The number of hydrogen-bond donors (Lipinski definition) is 0. The van der Waals surface area contributed by atoms with Crippen LogP contribution in [0.4, 0.5) is 0 Å². The molecule has 0 aliphatic heterocycles. The Morgan fingerprint density at radius 1 is 1.03 bits per heavy atom. The Bertz CT molecular complexity index is 1380. The van der Waals surface area contributed by atoms with Gasteiger partial charge in [-0.25, -0.2) is 9.78 Å². The molecule has 180 valence electrons. The van der Waals surface area contributed by atoms with Gasteiger partial charge in [-0.15, -0.1) is 11.3 Å². The van der Waals surface area contributed by atoms with E-state index in [1.807, 2.05) is 60.7 Å². The number of aryl methyl sites for hydroxylation is 1. The lowest BCUT2D eigenvalue weighted by molar-refractivity contribution is -0.131. The number of ether oxygens (including phenoxy) is 2. The van der Waals surface area contributed by atoms with Gasteiger partial charge in [-0.1, -0.05) is 48.5 Å². The van der Waals surface area contributed by atoms with Gasteiger partial charge in [0.15, 0.2) is 0 Å². The molecule has 1 amide bonds. The summed E-state index contributed by atoms with van der Waals surface area (Å²) in [5.74, 6) is -0.0647. The van der Waals surface area contributed by atoms with E-state index in [4.69, 9.17) is 9.47 Å². The number of benzene rings is 2. The standard InChI is InChI=1S/C26H25N3O5S/c1-18-22-24(35-23(18)26(32)34-14-13-33-20-11-7-4-8-12-20)27-17-29(25(22)31)16-21(30)28(2)15-19-9-5-3-6-10-19/h3-12,17H,13-16H2,1-2H3. The van der Waals surface area contributed by atoms with Gasteiger partial charge >= 0.3 is 5.97 Å². The summed E-state index contributed by atoms with van der Waals surface area (Å²) in [6.45, 7) is 2.26. The first-order valence-electron chi connectivity index (χ1n) is 11.1. The first-order chi connectivity index (χ1) is 16.9. The Hall–Kier alpha value is -3.98. The molecule has 35 heavy (non-hydrogen) atoms. The molecular formula is C26H25N3O5S. The Morgan fingerprint density at radius 3 is 2.43 bits per heavy atom. The van der Waals surface area contributed by atoms with Crippen LogP contribution in [-0.2, 0) is 22.6 Å². The zero-order valence-electron chi connectivity index (χ0n) is 19.5. The minimum Gasteiger partial charge on any atom is -0.490 e. The third-order valence-electron chi connectivity index (χ3n) is 5.43. The highest BCUT2D eigenvalue weighted by molar-refractivity contribution is 7.20. The summed E-state index contributed by atoms with van der Waals surface area (Å²) in [5, 5.41) is 0.323. The molecule has 0 saturated carbocycles. The number of para-hydroxylation sites is 1. The van der Waals surface area contributed by atoms with Crippen LogP contribution in [0.25, 0.3) is 10.2 Å². The molecule has 0 radical (unpaired) electrons. The van der Waals surface area contributed by atoms with E-state index >= 15 is 0 Å². The number of fused-ring (bicyclic) bond motifs is 1. The summed E-state index contributed by atoms with van der Waals surface area (Å²) in [6, 6.07) is 18.8. The van der Waals surface area contributed by atoms with Gasteiger partial charge in [0.25, 0.3) is 5.56 Å².